The molecule has 0 spiro atoms. The van der Waals surface area contributed by atoms with E-state index in [-0.39, 0.29) is 12.5 Å². The molecule has 1 aromatic heterocycles. The van der Waals surface area contributed by atoms with Crippen molar-refractivity contribution in [3.05, 3.63) is 26.9 Å². The van der Waals surface area contributed by atoms with E-state index in [0.29, 0.717) is 0 Å². The lowest BCUT2D eigenvalue weighted by Gasteiger charge is -2.17. The van der Waals surface area contributed by atoms with Crippen molar-refractivity contribution < 1.29 is 14.7 Å². The molecule has 0 bridgehead atoms. The van der Waals surface area contributed by atoms with Gasteiger partial charge in [-0.3, -0.25) is 9.59 Å². The Morgan fingerprint density at radius 2 is 2.22 bits per heavy atom. The van der Waals surface area contributed by atoms with E-state index in [0.717, 1.165) is 8.66 Å². The standard InChI is InChI=1S/C12H14BrNO3S/c1-8(12(16)17)7-14(2)11(15)6-4-9-3-5-10(13)18-9/h3-6,8H,7H2,1-2H3,(H,16,17). The van der Waals surface area contributed by atoms with Gasteiger partial charge in [0, 0.05) is 24.5 Å². The first-order chi connectivity index (χ1) is 8.40. The zero-order chi connectivity index (χ0) is 13.7. The first-order valence-electron chi connectivity index (χ1n) is 5.31. The molecule has 0 aromatic carbocycles. The molecular formula is C12H14BrNO3S. The van der Waals surface area contributed by atoms with Crippen molar-refractivity contribution in [2.45, 2.75) is 6.92 Å². The SMILES string of the molecule is CC(CN(C)C(=O)C=Cc1ccc(Br)s1)C(=O)O. The van der Waals surface area contributed by atoms with Gasteiger partial charge in [-0.1, -0.05) is 6.92 Å². The molecule has 1 amide bonds. The quantitative estimate of drug-likeness (QED) is 0.844. The highest BCUT2D eigenvalue weighted by molar-refractivity contribution is 9.11. The number of aliphatic carboxylic acids is 1. The van der Waals surface area contributed by atoms with Crippen molar-refractivity contribution in [3.8, 4) is 0 Å². The van der Waals surface area contributed by atoms with Crippen LogP contribution in [0.1, 0.15) is 11.8 Å². The highest BCUT2D eigenvalue weighted by Gasteiger charge is 2.15. The predicted octanol–water partition coefficient (Wildman–Crippen LogP) is 2.70. The molecule has 0 saturated heterocycles. The second kappa shape index (κ2) is 6.70. The molecule has 1 rings (SSSR count). The number of likely N-dealkylation sites (N-methyl/N-ethyl adjacent to an activating group) is 1. The number of carbonyl (C=O) groups excluding carboxylic acids is 1. The zero-order valence-electron chi connectivity index (χ0n) is 10.1. The molecular weight excluding hydrogens is 318 g/mol. The van der Waals surface area contributed by atoms with Gasteiger partial charge < -0.3 is 10.0 Å². The summed E-state index contributed by atoms with van der Waals surface area (Å²) in [7, 11) is 1.59. The summed E-state index contributed by atoms with van der Waals surface area (Å²) in [5.41, 5.74) is 0. The molecule has 18 heavy (non-hydrogen) atoms. The average Bonchev–Trinajstić information content (AvgIpc) is 2.71. The molecule has 4 nitrogen and oxygen atoms in total. The van der Waals surface area contributed by atoms with Crippen LogP contribution in [0.2, 0.25) is 0 Å². The monoisotopic (exact) mass is 331 g/mol. The average molecular weight is 332 g/mol. The minimum absolute atomic E-state index is 0.201. The summed E-state index contributed by atoms with van der Waals surface area (Å²) in [6.07, 6.45) is 3.17. The number of carbonyl (C=O) groups is 2. The van der Waals surface area contributed by atoms with Crippen LogP contribution < -0.4 is 0 Å². The third kappa shape index (κ3) is 4.62. The van der Waals surface area contributed by atoms with E-state index < -0.39 is 11.9 Å². The van der Waals surface area contributed by atoms with Gasteiger partial charge in [-0.15, -0.1) is 11.3 Å². The molecule has 0 saturated carbocycles. The fourth-order valence-corrected chi connectivity index (χ4v) is 2.60. The Labute approximate surface area is 118 Å². The van der Waals surface area contributed by atoms with Crippen LogP contribution >= 0.6 is 27.3 Å². The second-order valence-corrected chi connectivity index (χ2v) is 6.43. The maximum Gasteiger partial charge on any atom is 0.308 e. The van der Waals surface area contributed by atoms with Crippen LogP contribution in [0.4, 0.5) is 0 Å². The Balaban J connectivity index is 2.54. The van der Waals surface area contributed by atoms with Crippen LogP contribution in [0.25, 0.3) is 6.08 Å². The lowest BCUT2D eigenvalue weighted by atomic mass is 10.2. The molecule has 0 aliphatic carbocycles. The summed E-state index contributed by atoms with van der Waals surface area (Å²) < 4.78 is 1.00. The normalized spacial score (nSPS) is 12.6. The van der Waals surface area contributed by atoms with Gasteiger partial charge in [-0.25, -0.2) is 0 Å². The van der Waals surface area contributed by atoms with Crippen LogP contribution in [0.3, 0.4) is 0 Å². The molecule has 0 aliphatic rings. The number of hydrogen-bond donors (Lipinski definition) is 1. The van der Waals surface area contributed by atoms with Crippen LogP contribution in [0.15, 0.2) is 22.0 Å². The summed E-state index contributed by atoms with van der Waals surface area (Å²) in [6, 6.07) is 3.81. The molecule has 6 heteroatoms. The van der Waals surface area contributed by atoms with Gasteiger partial charge >= 0.3 is 5.97 Å². The summed E-state index contributed by atoms with van der Waals surface area (Å²) in [5.74, 6) is -1.67. The third-order valence-corrected chi connectivity index (χ3v) is 3.92. The van der Waals surface area contributed by atoms with Crippen molar-refractivity contribution in [1.29, 1.82) is 0 Å². The largest absolute Gasteiger partial charge is 0.481 e. The lowest BCUT2D eigenvalue weighted by Crippen LogP contribution is -2.32. The van der Waals surface area contributed by atoms with E-state index in [1.807, 2.05) is 12.1 Å². The molecule has 0 fully saturated rings. The molecule has 0 radical (unpaired) electrons. The van der Waals surface area contributed by atoms with Gasteiger partial charge in [-0.2, -0.15) is 0 Å². The number of thiophene rings is 1. The van der Waals surface area contributed by atoms with Gasteiger partial charge in [0.25, 0.3) is 0 Å². The van der Waals surface area contributed by atoms with E-state index >= 15 is 0 Å². The van der Waals surface area contributed by atoms with Crippen molar-refractivity contribution in [2.24, 2.45) is 5.92 Å². The Morgan fingerprint density at radius 1 is 1.56 bits per heavy atom. The van der Waals surface area contributed by atoms with E-state index in [9.17, 15) is 9.59 Å². The van der Waals surface area contributed by atoms with Crippen molar-refractivity contribution in [2.75, 3.05) is 13.6 Å². The van der Waals surface area contributed by atoms with Crippen LogP contribution in [0, 0.1) is 5.92 Å². The number of carboxylic acids is 1. The Kier molecular flexibility index (Phi) is 5.55. The van der Waals surface area contributed by atoms with Gasteiger partial charge in [0.2, 0.25) is 5.91 Å². The molecule has 1 atom stereocenters. The minimum Gasteiger partial charge on any atom is -0.481 e. The fourth-order valence-electron chi connectivity index (χ4n) is 1.28. The van der Waals surface area contributed by atoms with Crippen LogP contribution in [0.5, 0.6) is 0 Å². The zero-order valence-corrected chi connectivity index (χ0v) is 12.5. The van der Waals surface area contributed by atoms with Crippen LogP contribution in [-0.4, -0.2) is 35.5 Å². The fraction of sp³-hybridized carbons (Fsp3) is 0.333. The smallest absolute Gasteiger partial charge is 0.308 e. The van der Waals surface area contributed by atoms with Gasteiger partial charge in [0.1, 0.15) is 0 Å². The summed E-state index contributed by atoms with van der Waals surface area (Å²) >= 11 is 4.87. The number of hydrogen-bond acceptors (Lipinski definition) is 3. The van der Waals surface area contributed by atoms with Gasteiger partial charge in [-0.05, 0) is 34.1 Å². The van der Waals surface area contributed by atoms with Gasteiger partial charge in [0.15, 0.2) is 0 Å². The molecule has 1 unspecified atom stereocenters. The molecule has 98 valence electrons. The molecule has 0 aliphatic heterocycles. The second-order valence-electron chi connectivity index (χ2n) is 3.93. The highest BCUT2D eigenvalue weighted by atomic mass is 79.9. The van der Waals surface area contributed by atoms with Gasteiger partial charge in [0.05, 0.1) is 9.70 Å². The minimum atomic E-state index is -0.902. The summed E-state index contributed by atoms with van der Waals surface area (Å²) in [6.45, 7) is 1.78. The number of nitrogens with zero attached hydrogens (tertiary/aromatic N) is 1. The number of halogens is 1. The molecule has 1 aromatic rings. The lowest BCUT2D eigenvalue weighted by molar-refractivity contribution is -0.142. The highest BCUT2D eigenvalue weighted by Crippen LogP contribution is 2.22. The first kappa shape index (κ1) is 14.9. The predicted molar refractivity (Wildman–Crippen MR) is 75.5 cm³/mol. The molecule has 1 heterocycles. The van der Waals surface area contributed by atoms with E-state index in [1.54, 1.807) is 20.0 Å². The number of amides is 1. The number of carboxylic acid groups (broad SMARTS) is 1. The van der Waals surface area contributed by atoms with E-state index in [2.05, 4.69) is 15.9 Å². The Hall–Kier alpha value is -1.14. The number of rotatable bonds is 5. The Bertz CT molecular complexity index is 470. The maximum absolute atomic E-state index is 11.7. The van der Waals surface area contributed by atoms with E-state index in [1.165, 1.54) is 22.3 Å². The summed E-state index contributed by atoms with van der Waals surface area (Å²) in [5, 5.41) is 8.76. The van der Waals surface area contributed by atoms with Crippen molar-refractivity contribution in [3.63, 3.8) is 0 Å². The maximum atomic E-state index is 11.7. The van der Waals surface area contributed by atoms with Crippen molar-refractivity contribution in [1.82, 2.24) is 4.90 Å². The molecule has 1 N–H and O–H groups in total. The van der Waals surface area contributed by atoms with Crippen LogP contribution in [-0.2, 0) is 9.59 Å². The van der Waals surface area contributed by atoms with E-state index in [4.69, 9.17) is 5.11 Å². The topological polar surface area (TPSA) is 57.6 Å². The van der Waals surface area contributed by atoms with Crippen molar-refractivity contribution >= 4 is 45.2 Å². The first-order valence-corrected chi connectivity index (χ1v) is 6.92. The summed E-state index contributed by atoms with van der Waals surface area (Å²) in [4.78, 5) is 24.8. The third-order valence-electron chi connectivity index (χ3n) is 2.33. The Morgan fingerprint density at radius 3 is 2.72 bits per heavy atom.